The fraction of sp³-hybridized carbons (Fsp3) is 0.462. The highest BCUT2D eigenvalue weighted by molar-refractivity contribution is 9.10. The molecule has 1 amide bonds. The lowest BCUT2D eigenvalue weighted by atomic mass is 10.2. The monoisotopic (exact) mass is 331 g/mol. The molecule has 0 spiro atoms. The molecular formula is C13H15BrClNO2. The molecule has 0 aromatic heterocycles. The van der Waals surface area contributed by atoms with Gasteiger partial charge in [-0.3, -0.25) is 4.79 Å². The van der Waals surface area contributed by atoms with E-state index in [4.69, 9.17) is 16.3 Å². The molecule has 1 aliphatic rings. The smallest absolute Gasteiger partial charge is 0.254 e. The van der Waals surface area contributed by atoms with Crippen molar-refractivity contribution in [3.8, 4) is 0 Å². The van der Waals surface area contributed by atoms with Crippen LogP contribution in [0, 0.1) is 0 Å². The maximum Gasteiger partial charge on any atom is 0.254 e. The van der Waals surface area contributed by atoms with Crippen LogP contribution < -0.4 is 0 Å². The predicted molar refractivity (Wildman–Crippen MR) is 75.1 cm³/mol. The van der Waals surface area contributed by atoms with Gasteiger partial charge in [0.05, 0.1) is 11.6 Å². The van der Waals surface area contributed by atoms with Crippen LogP contribution >= 0.6 is 27.5 Å². The van der Waals surface area contributed by atoms with E-state index in [1.54, 1.807) is 25.3 Å². The summed E-state index contributed by atoms with van der Waals surface area (Å²) in [5.74, 6) is 0.0481. The van der Waals surface area contributed by atoms with E-state index < -0.39 is 0 Å². The van der Waals surface area contributed by atoms with Crippen molar-refractivity contribution in [2.45, 2.75) is 18.9 Å². The van der Waals surface area contributed by atoms with Crippen molar-refractivity contribution in [1.29, 1.82) is 0 Å². The summed E-state index contributed by atoms with van der Waals surface area (Å²) in [7, 11) is 1.65. The molecule has 0 heterocycles. The van der Waals surface area contributed by atoms with Gasteiger partial charge in [-0.25, -0.2) is 0 Å². The lowest BCUT2D eigenvalue weighted by Gasteiger charge is -2.22. The van der Waals surface area contributed by atoms with E-state index in [0.29, 0.717) is 29.8 Å². The van der Waals surface area contributed by atoms with Gasteiger partial charge < -0.3 is 9.64 Å². The summed E-state index contributed by atoms with van der Waals surface area (Å²) < 4.78 is 5.80. The third-order valence-electron chi connectivity index (χ3n) is 2.95. The van der Waals surface area contributed by atoms with Gasteiger partial charge in [0.1, 0.15) is 0 Å². The van der Waals surface area contributed by atoms with E-state index in [9.17, 15) is 4.79 Å². The van der Waals surface area contributed by atoms with E-state index in [1.807, 2.05) is 4.90 Å². The lowest BCUT2D eigenvalue weighted by molar-refractivity contribution is 0.0680. The zero-order chi connectivity index (χ0) is 13.1. The Bertz CT molecular complexity index is 449. The van der Waals surface area contributed by atoms with Crippen molar-refractivity contribution in [2.75, 3.05) is 20.3 Å². The van der Waals surface area contributed by atoms with Crippen LogP contribution in [0.3, 0.4) is 0 Å². The van der Waals surface area contributed by atoms with Crippen LogP contribution in [0.4, 0.5) is 0 Å². The van der Waals surface area contributed by atoms with E-state index in [1.165, 1.54) is 0 Å². The van der Waals surface area contributed by atoms with Gasteiger partial charge in [-0.1, -0.05) is 11.6 Å². The van der Waals surface area contributed by atoms with Gasteiger partial charge in [0.2, 0.25) is 0 Å². The molecule has 0 N–H and O–H groups in total. The number of hydrogen-bond acceptors (Lipinski definition) is 2. The molecule has 1 aromatic carbocycles. The molecule has 3 nitrogen and oxygen atoms in total. The number of rotatable bonds is 5. The summed E-state index contributed by atoms with van der Waals surface area (Å²) in [4.78, 5) is 14.3. The Labute approximate surface area is 120 Å². The maximum absolute atomic E-state index is 12.4. The quantitative estimate of drug-likeness (QED) is 0.827. The number of hydrogen-bond donors (Lipinski definition) is 0. The van der Waals surface area contributed by atoms with Crippen LogP contribution in [0.25, 0.3) is 0 Å². The number of halogens is 2. The molecular weight excluding hydrogens is 318 g/mol. The van der Waals surface area contributed by atoms with Gasteiger partial charge in [0, 0.05) is 29.7 Å². The van der Waals surface area contributed by atoms with Gasteiger partial charge >= 0.3 is 0 Å². The minimum Gasteiger partial charge on any atom is -0.383 e. The first-order valence-electron chi connectivity index (χ1n) is 5.88. The van der Waals surface area contributed by atoms with Crippen LogP contribution in [0.5, 0.6) is 0 Å². The number of benzene rings is 1. The lowest BCUT2D eigenvalue weighted by Crippen LogP contribution is -2.35. The number of carbonyl (C=O) groups is 1. The van der Waals surface area contributed by atoms with Gasteiger partial charge in [-0.15, -0.1) is 0 Å². The molecule has 0 unspecified atom stereocenters. The summed E-state index contributed by atoms with van der Waals surface area (Å²) in [5, 5.41) is 0.612. The van der Waals surface area contributed by atoms with Crippen molar-refractivity contribution >= 4 is 33.4 Å². The Balaban J connectivity index is 2.13. The highest BCUT2D eigenvalue weighted by Crippen LogP contribution is 2.29. The molecule has 1 aliphatic carbocycles. The van der Waals surface area contributed by atoms with Gasteiger partial charge in [-0.05, 0) is 47.0 Å². The molecule has 1 aromatic rings. The molecule has 98 valence electrons. The Morgan fingerprint density at radius 1 is 1.56 bits per heavy atom. The minimum absolute atomic E-state index is 0.0481. The summed E-state index contributed by atoms with van der Waals surface area (Å²) in [5.41, 5.74) is 0.661. The largest absolute Gasteiger partial charge is 0.383 e. The van der Waals surface area contributed by atoms with Crippen molar-refractivity contribution < 1.29 is 9.53 Å². The number of carbonyl (C=O) groups excluding carboxylic acids is 1. The van der Waals surface area contributed by atoms with E-state index in [0.717, 1.165) is 17.3 Å². The highest BCUT2D eigenvalue weighted by atomic mass is 79.9. The standard InChI is InChI=1S/C13H15BrClNO2/c1-18-7-6-16(10-3-4-10)13(17)9-2-5-12(15)11(14)8-9/h2,5,8,10H,3-4,6-7H2,1H3. The van der Waals surface area contributed by atoms with E-state index in [-0.39, 0.29) is 5.91 Å². The van der Waals surface area contributed by atoms with E-state index in [2.05, 4.69) is 15.9 Å². The first kappa shape index (κ1) is 13.8. The fourth-order valence-corrected chi connectivity index (χ4v) is 2.32. The number of ether oxygens (including phenoxy) is 1. The molecule has 0 radical (unpaired) electrons. The van der Waals surface area contributed by atoms with Crippen LogP contribution in [0.1, 0.15) is 23.2 Å². The number of nitrogens with zero attached hydrogens (tertiary/aromatic N) is 1. The third kappa shape index (κ3) is 3.25. The van der Waals surface area contributed by atoms with Gasteiger partial charge in [0.25, 0.3) is 5.91 Å². The molecule has 1 fully saturated rings. The molecule has 0 aliphatic heterocycles. The molecule has 0 bridgehead atoms. The van der Waals surface area contributed by atoms with Crippen LogP contribution in [0.15, 0.2) is 22.7 Å². The number of amides is 1. The average Bonchev–Trinajstić information content (AvgIpc) is 3.17. The van der Waals surface area contributed by atoms with Crippen molar-refractivity contribution in [2.24, 2.45) is 0 Å². The summed E-state index contributed by atoms with van der Waals surface area (Å²) in [6.07, 6.45) is 2.18. The Kier molecular flexibility index (Phi) is 4.65. The van der Waals surface area contributed by atoms with Gasteiger partial charge in [-0.2, -0.15) is 0 Å². The van der Waals surface area contributed by atoms with Crippen LogP contribution in [0.2, 0.25) is 5.02 Å². The second-order valence-electron chi connectivity index (χ2n) is 4.35. The predicted octanol–water partition coefficient (Wildman–Crippen LogP) is 3.35. The second kappa shape index (κ2) is 6.04. The summed E-state index contributed by atoms with van der Waals surface area (Å²) in [6.45, 7) is 1.21. The Morgan fingerprint density at radius 3 is 2.83 bits per heavy atom. The Morgan fingerprint density at radius 2 is 2.28 bits per heavy atom. The topological polar surface area (TPSA) is 29.5 Å². The normalized spacial score (nSPS) is 14.6. The fourth-order valence-electron chi connectivity index (χ4n) is 1.82. The number of methoxy groups -OCH3 is 1. The average molecular weight is 333 g/mol. The van der Waals surface area contributed by atoms with Crippen molar-refractivity contribution in [3.05, 3.63) is 33.3 Å². The minimum atomic E-state index is 0.0481. The highest BCUT2D eigenvalue weighted by Gasteiger charge is 2.32. The summed E-state index contributed by atoms with van der Waals surface area (Å²) >= 11 is 9.27. The SMILES string of the molecule is COCCN(C(=O)c1ccc(Cl)c(Br)c1)C1CC1. The molecule has 18 heavy (non-hydrogen) atoms. The van der Waals surface area contributed by atoms with Crippen molar-refractivity contribution in [3.63, 3.8) is 0 Å². The van der Waals surface area contributed by atoms with Gasteiger partial charge in [0.15, 0.2) is 0 Å². The van der Waals surface area contributed by atoms with Crippen molar-refractivity contribution in [1.82, 2.24) is 4.90 Å². The molecule has 0 saturated heterocycles. The third-order valence-corrected chi connectivity index (χ3v) is 4.17. The zero-order valence-corrected chi connectivity index (χ0v) is 12.5. The molecule has 5 heteroatoms. The second-order valence-corrected chi connectivity index (χ2v) is 5.61. The zero-order valence-electron chi connectivity index (χ0n) is 10.2. The first-order chi connectivity index (χ1) is 8.63. The first-order valence-corrected chi connectivity index (χ1v) is 7.05. The van der Waals surface area contributed by atoms with E-state index >= 15 is 0 Å². The van der Waals surface area contributed by atoms with Crippen LogP contribution in [-0.2, 0) is 4.74 Å². The molecule has 1 saturated carbocycles. The maximum atomic E-state index is 12.4. The molecule has 2 rings (SSSR count). The summed E-state index contributed by atoms with van der Waals surface area (Å²) in [6, 6.07) is 5.65. The molecule has 0 atom stereocenters. The Hall–Kier alpha value is -0.580. The van der Waals surface area contributed by atoms with Crippen LogP contribution in [-0.4, -0.2) is 37.1 Å².